The Hall–Kier alpha value is -2.24. The van der Waals surface area contributed by atoms with Crippen LogP contribution in [0, 0.1) is 37.5 Å². The molecule has 4 heteroatoms. The number of piperidine rings is 4. The highest BCUT2D eigenvalue weighted by Gasteiger charge is 2.40. The third-order valence-corrected chi connectivity index (χ3v) is 18.5. The van der Waals surface area contributed by atoms with Gasteiger partial charge in [-0.3, -0.25) is 0 Å². The molecule has 484 valence electrons. The Morgan fingerprint density at radius 1 is 0.381 bits per heavy atom. The first-order chi connectivity index (χ1) is 39.0. The van der Waals surface area contributed by atoms with Crippen LogP contribution in [-0.2, 0) is 25.7 Å². The van der Waals surface area contributed by atoms with Crippen LogP contribution in [0.1, 0.15) is 338 Å². The standard InChI is InChI=1S/C49H82N2.C15H29N.C10H21N.C6H12/c1-38-28-40(32-42(30-38)24-18-14-20-26-44-34-46(3,4)50-47(5,6)35-44)22-16-12-11-13-17-23-41-29-39(2)31-43(33-41)25-19-15-21-27-45-36-48(7,8)51-49(9,10)37-45;1-6-7-8-9-10-13-11-14(2,3)16-15(4,5)12-13;1-8-6-9(2,3)11-10(4,5)7-8;1-3-5-6-4-2/h28-33,44-45,50-51H,11-27,34-37H2,1-10H3;9-10,13,16H,6-8,11-12H2,1-5H3;8,11H,6-7H2,1-5H3;3H,1,4-6H2,2H3/b;10-9-;;. The topological polar surface area (TPSA) is 48.1 Å². The number of benzene rings is 2. The smallest absolute Gasteiger partial charge is 0.0135 e. The van der Waals surface area contributed by atoms with Crippen LogP contribution in [0.15, 0.2) is 61.2 Å². The molecule has 4 heterocycles. The van der Waals surface area contributed by atoms with Gasteiger partial charge in [-0.25, -0.2) is 0 Å². The predicted molar refractivity (Wildman–Crippen MR) is 377 cm³/mol. The molecular weight excluding hydrogens is 1020 g/mol. The molecule has 2 aromatic rings. The molecule has 4 saturated heterocycles. The Balaban J connectivity index is 0.000000449. The van der Waals surface area contributed by atoms with Gasteiger partial charge < -0.3 is 21.3 Å². The number of allylic oxidation sites excluding steroid dienone is 3. The van der Waals surface area contributed by atoms with Crippen molar-refractivity contribution in [3.63, 3.8) is 0 Å². The number of rotatable bonds is 27. The van der Waals surface area contributed by atoms with Crippen molar-refractivity contribution in [1.82, 2.24) is 21.3 Å². The van der Waals surface area contributed by atoms with Gasteiger partial charge in [0.25, 0.3) is 0 Å². The van der Waals surface area contributed by atoms with E-state index in [1.165, 1.54) is 210 Å². The van der Waals surface area contributed by atoms with Gasteiger partial charge >= 0.3 is 0 Å². The minimum Gasteiger partial charge on any atom is -0.307 e. The van der Waals surface area contributed by atoms with Gasteiger partial charge in [0.15, 0.2) is 0 Å². The Labute approximate surface area is 525 Å². The molecule has 0 bridgehead atoms. The zero-order valence-electron chi connectivity index (χ0n) is 60.1. The Bertz CT molecular complexity index is 2000. The molecule has 6 rings (SSSR count). The fourth-order valence-electron chi connectivity index (χ4n) is 17.3. The monoisotopic (exact) mass is 1160 g/mol. The maximum Gasteiger partial charge on any atom is 0.0135 e. The maximum absolute atomic E-state index is 3.85. The highest BCUT2D eigenvalue weighted by molar-refractivity contribution is 5.31. The van der Waals surface area contributed by atoms with Crippen molar-refractivity contribution in [1.29, 1.82) is 0 Å². The average molecular weight is 1160 g/mol. The van der Waals surface area contributed by atoms with Crippen LogP contribution in [0.25, 0.3) is 0 Å². The van der Waals surface area contributed by atoms with Gasteiger partial charge in [0.05, 0.1) is 0 Å². The summed E-state index contributed by atoms with van der Waals surface area (Å²) in [6.45, 7) is 52.5. The summed E-state index contributed by atoms with van der Waals surface area (Å²) in [5.74, 6) is 3.36. The normalized spacial score (nSPS) is 21.5. The molecule has 4 aliphatic heterocycles. The van der Waals surface area contributed by atoms with Crippen LogP contribution >= 0.6 is 0 Å². The van der Waals surface area contributed by atoms with E-state index in [-0.39, 0.29) is 33.2 Å². The second kappa shape index (κ2) is 35.8. The number of nitrogens with one attached hydrogen (secondary N) is 4. The molecule has 0 unspecified atom stereocenters. The van der Waals surface area contributed by atoms with Crippen molar-refractivity contribution in [2.45, 2.75) is 389 Å². The van der Waals surface area contributed by atoms with Crippen LogP contribution in [0.2, 0.25) is 0 Å². The highest BCUT2D eigenvalue weighted by atomic mass is 15.1. The lowest BCUT2D eigenvalue weighted by Gasteiger charge is -2.46. The van der Waals surface area contributed by atoms with Gasteiger partial charge in [0.1, 0.15) is 0 Å². The van der Waals surface area contributed by atoms with E-state index in [9.17, 15) is 0 Å². The molecule has 4 N–H and O–H groups in total. The summed E-state index contributed by atoms with van der Waals surface area (Å²) >= 11 is 0. The van der Waals surface area contributed by atoms with Crippen molar-refractivity contribution >= 4 is 0 Å². The highest BCUT2D eigenvalue weighted by Crippen LogP contribution is 2.38. The first-order valence-electron chi connectivity index (χ1n) is 35.7. The maximum atomic E-state index is 3.85. The summed E-state index contributed by atoms with van der Waals surface area (Å²) in [5, 5.41) is 15.1. The summed E-state index contributed by atoms with van der Waals surface area (Å²) in [4.78, 5) is 0. The fourth-order valence-corrected chi connectivity index (χ4v) is 17.3. The molecule has 0 saturated carbocycles. The summed E-state index contributed by atoms with van der Waals surface area (Å²) in [6.07, 6.45) is 47.6. The molecule has 0 spiro atoms. The van der Waals surface area contributed by atoms with Crippen LogP contribution in [0.3, 0.4) is 0 Å². The molecule has 0 radical (unpaired) electrons. The van der Waals surface area contributed by atoms with Gasteiger partial charge in [0, 0.05) is 44.3 Å². The van der Waals surface area contributed by atoms with Gasteiger partial charge in [0.2, 0.25) is 0 Å². The third-order valence-electron chi connectivity index (χ3n) is 18.5. The lowest BCUT2D eigenvalue weighted by molar-refractivity contribution is 0.121. The van der Waals surface area contributed by atoms with E-state index in [1.54, 1.807) is 22.3 Å². The summed E-state index contributed by atoms with van der Waals surface area (Å²) in [6, 6.07) is 14.8. The van der Waals surface area contributed by atoms with E-state index in [1.807, 2.05) is 6.08 Å². The Morgan fingerprint density at radius 2 is 0.667 bits per heavy atom. The van der Waals surface area contributed by atoms with Crippen LogP contribution in [0.5, 0.6) is 0 Å². The molecule has 0 atom stereocenters. The first kappa shape index (κ1) is 76.0. The van der Waals surface area contributed by atoms with Crippen LogP contribution in [-0.4, -0.2) is 44.3 Å². The SMILES string of the molecule is C=CCCCC.CC1CC(C)(C)NC(C)(C)C1.CCCC/C=C\C1CC(C)(C)NC(C)(C)C1.Cc1cc(CCCCCCCc2cc(C)cc(CCCCCC3CC(C)(C)NC(C)(C)C3)c2)cc(CCCCCC2CC(C)(C)NC(C)(C)C2)c1. The minimum atomic E-state index is 0.277. The van der Waals surface area contributed by atoms with E-state index in [4.69, 9.17) is 0 Å². The summed E-state index contributed by atoms with van der Waals surface area (Å²) in [5.41, 5.74) is 11.5. The Morgan fingerprint density at radius 3 is 0.964 bits per heavy atom. The zero-order valence-corrected chi connectivity index (χ0v) is 60.1. The van der Waals surface area contributed by atoms with Crippen LogP contribution in [0.4, 0.5) is 0 Å². The molecule has 0 amide bonds. The molecule has 2 aromatic carbocycles. The first-order valence-corrected chi connectivity index (χ1v) is 35.7. The second-order valence-corrected chi connectivity index (χ2v) is 33.9. The fraction of sp³-hybridized carbons (Fsp3) is 0.800. The van der Waals surface area contributed by atoms with E-state index in [2.05, 4.69) is 222 Å². The molecule has 4 nitrogen and oxygen atoms in total. The molecule has 4 fully saturated rings. The van der Waals surface area contributed by atoms with Gasteiger partial charge in [-0.2, -0.15) is 0 Å². The number of aryl methyl sites for hydroxylation is 6. The quantitative estimate of drug-likeness (QED) is 0.0532. The van der Waals surface area contributed by atoms with Crippen molar-refractivity contribution in [2.75, 3.05) is 0 Å². The van der Waals surface area contributed by atoms with E-state index < -0.39 is 0 Å². The Kier molecular flexibility index (Phi) is 32.4. The van der Waals surface area contributed by atoms with Crippen molar-refractivity contribution in [2.24, 2.45) is 23.7 Å². The van der Waals surface area contributed by atoms with Crippen LogP contribution < -0.4 is 21.3 Å². The molecule has 4 aliphatic rings. The minimum absolute atomic E-state index is 0.277. The number of unbranched alkanes of at least 4 members (excludes halogenated alkanes) is 12. The molecule has 84 heavy (non-hydrogen) atoms. The van der Waals surface area contributed by atoms with Gasteiger partial charge in [-0.1, -0.05) is 170 Å². The van der Waals surface area contributed by atoms with Gasteiger partial charge in [-0.05, 0) is 286 Å². The molecule has 0 aliphatic carbocycles. The van der Waals surface area contributed by atoms with Crippen molar-refractivity contribution < 1.29 is 0 Å². The number of hydrogen-bond donors (Lipinski definition) is 4. The van der Waals surface area contributed by atoms with Crippen molar-refractivity contribution in [3.8, 4) is 0 Å². The largest absolute Gasteiger partial charge is 0.307 e. The lowest BCUT2D eigenvalue weighted by atomic mass is 9.74. The predicted octanol–water partition coefficient (Wildman–Crippen LogP) is 22.6. The van der Waals surface area contributed by atoms with E-state index in [0.29, 0.717) is 11.1 Å². The van der Waals surface area contributed by atoms with E-state index in [0.717, 1.165) is 23.7 Å². The van der Waals surface area contributed by atoms with Crippen molar-refractivity contribution in [3.05, 3.63) is 94.6 Å². The van der Waals surface area contributed by atoms with E-state index >= 15 is 0 Å². The second-order valence-electron chi connectivity index (χ2n) is 33.9. The average Bonchev–Trinajstić information content (AvgIpc) is 2.68. The zero-order chi connectivity index (χ0) is 62.9. The lowest BCUT2D eigenvalue weighted by Crippen LogP contribution is -2.57. The number of hydrogen-bond acceptors (Lipinski definition) is 4. The van der Waals surface area contributed by atoms with Gasteiger partial charge in [-0.15, -0.1) is 6.58 Å². The molecular formula is C80H144N4. The summed E-state index contributed by atoms with van der Waals surface area (Å²) in [7, 11) is 0. The third kappa shape index (κ3) is 33.9. The molecule has 0 aromatic heterocycles. The summed E-state index contributed by atoms with van der Waals surface area (Å²) < 4.78 is 0.